The Hall–Kier alpha value is -1.75. The average Bonchev–Trinajstić information content (AvgIpc) is 2.42. The first-order valence-corrected chi connectivity index (χ1v) is 7.00. The van der Waals surface area contributed by atoms with Crippen LogP contribution in [0.25, 0.3) is 0 Å². The van der Waals surface area contributed by atoms with Crippen LogP contribution in [0.5, 0.6) is 0 Å². The van der Waals surface area contributed by atoms with Gasteiger partial charge in [0.1, 0.15) is 6.10 Å². The van der Waals surface area contributed by atoms with E-state index in [1.165, 1.54) is 19.3 Å². The number of hydrogen-bond acceptors (Lipinski definition) is 2. The van der Waals surface area contributed by atoms with E-state index in [0.29, 0.717) is 0 Å². The minimum Gasteiger partial charge on any atom is -0.453 e. The highest BCUT2D eigenvalue weighted by Gasteiger charge is 2.06. The van der Waals surface area contributed by atoms with Crippen molar-refractivity contribution in [1.82, 2.24) is 0 Å². The first-order valence-electron chi connectivity index (χ1n) is 7.00. The lowest BCUT2D eigenvalue weighted by molar-refractivity contribution is -0.141. The van der Waals surface area contributed by atoms with Crippen molar-refractivity contribution in [3.05, 3.63) is 35.9 Å². The molecule has 19 heavy (non-hydrogen) atoms. The predicted octanol–water partition coefficient (Wildman–Crippen LogP) is 3.94. The number of carbonyl (C=O) groups excluding carboxylic acids is 1. The zero-order chi connectivity index (χ0) is 13.9. The smallest absolute Gasteiger partial charge is 0.384 e. The van der Waals surface area contributed by atoms with Gasteiger partial charge in [0, 0.05) is 11.5 Å². The SMILES string of the molecule is CCCCCC[C@@H](C)OC(=O)C#Cc1ccccc1. The molecule has 2 heteroatoms. The van der Waals surface area contributed by atoms with Crippen molar-refractivity contribution in [2.45, 2.75) is 52.1 Å². The zero-order valence-corrected chi connectivity index (χ0v) is 11.8. The van der Waals surface area contributed by atoms with Gasteiger partial charge in [-0.1, -0.05) is 50.3 Å². The number of hydrogen-bond donors (Lipinski definition) is 0. The molecule has 102 valence electrons. The van der Waals surface area contributed by atoms with E-state index in [1.54, 1.807) is 0 Å². The second-order valence-electron chi connectivity index (χ2n) is 4.68. The quantitative estimate of drug-likeness (QED) is 0.439. The van der Waals surface area contributed by atoms with Crippen molar-refractivity contribution in [1.29, 1.82) is 0 Å². The highest BCUT2D eigenvalue weighted by Crippen LogP contribution is 2.07. The van der Waals surface area contributed by atoms with Crippen LogP contribution in [0.4, 0.5) is 0 Å². The first-order chi connectivity index (χ1) is 9.22. The van der Waals surface area contributed by atoms with Crippen molar-refractivity contribution in [2.24, 2.45) is 0 Å². The van der Waals surface area contributed by atoms with E-state index in [2.05, 4.69) is 18.8 Å². The molecule has 0 aliphatic carbocycles. The minimum absolute atomic E-state index is 0.0468. The molecule has 0 radical (unpaired) electrons. The van der Waals surface area contributed by atoms with Crippen LogP contribution in [0.1, 0.15) is 51.5 Å². The van der Waals surface area contributed by atoms with E-state index in [4.69, 9.17) is 4.74 Å². The molecule has 0 amide bonds. The lowest BCUT2D eigenvalue weighted by atomic mass is 10.1. The van der Waals surface area contributed by atoms with Crippen molar-refractivity contribution in [3.8, 4) is 11.8 Å². The Morgan fingerprint density at radius 3 is 2.63 bits per heavy atom. The molecule has 0 saturated heterocycles. The third kappa shape index (κ3) is 7.31. The van der Waals surface area contributed by atoms with Crippen LogP contribution in [0, 0.1) is 11.8 Å². The second-order valence-corrected chi connectivity index (χ2v) is 4.68. The van der Waals surface area contributed by atoms with Crippen LogP contribution in [-0.2, 0) is 9.53 Å². The van der Waals surface area contributed by atoms with Gasteiger partial charge in [0.2, 0.25) is 0 Å². The van der Waals surface area contributed by atoms with Gasteiger partial charge < -0.3 is 4.74 Å². The summed E-state index contributed by atoms with van der Waals surface area (Å²) in [7, 11) is 0. The number of rotatable bonds is 6. The van der Waals surface area contributed by atoms with Crippen LogP contribution < -0.4 is 0 Å². The highest BCUT2D eigenvalue weighted by atomic mass is 16.5. The molecule has 2 nitrogen and oxygen atoms in total. The molecule has 1 atom stereocenters. The summed E-state index contributed by atoms with van der Waals surface area (Å²) in [4.78, 5) is 11.5. The van der Waals surface area contributed by atoms with Crippen LogP contribution >= 0.6 is 0 Å². The molecule has 0 aliphatic rings. The van der Waals surface area contributed by atoms with Gasteiger partial charge in [-0.2, -0.15) is 0 Å². The van der Waals surface area contributed by atoms with E-state index >= 15 is 0 Å². The van der Waals surface area contributed by atoms with E-state index in [-0.39, 0.29) is 6.10 Å². The lowest BCUT2D eigenvalue weighted by Gasteiger charge is -2.10. The molecule has 1 aromatic rings. The Balaban J connectivity index is 2.29. The Bertz CT molecular complexity index is 426. The van der Waals surface area contributed by atoms with Gasteiger partial charge >= 0.3 is 5.97 Å². The second kappa shape index (κ2) is 9.22. The van der Waals surface area contributed by atoms with Gasteiger partial charge in [-0.25, -0.2) is 4.79 Å². The van der Waals surface area contributed by atoms with Crippen LogP contribution in [0.2, 0.25) is 0 Å². The van der Waals surface area contributed by atoms with E-state index < -0.39 is 5.97 Å². The molecule has 0 aliphatic heterocycles. The summed E-state index contributed by atoms with van der Waals surface area (Å²) >= 11 is 0. The summed E-state index contributed by atoms with van der Waals surface area (Å²) in [5, 5.41) is 0. The minimum atomic E-state index is -0.438. The predicted molar refractivity (Wildman–Crippen MR) is 77.6 cm³/mol. The maximum Gasteiger partial charge on any atom is 0.384 e. The Kier molecular flexibility index (Phi) is 7.43. The van der Waals surface area contributed by atoms with Crippen LogP contribution in [-0.4, -0.2) is 12.1 Å². The van der Waals surface area contributed by atoms with Crippen molar-refractivity contribution in [3.63, 3.8) is 0 Å². The fourth-order valence-corrected chi connectivity index (χ4v) is 1.77. The Morgan fingerprint density at radius 2 is 1.95 bits per heavy atom. The molecule has 0 fully saturated rings. The third-order valence-electron chi connectivity index (χ3n) is 2.86. The molecule has 0 spiro atoms. The summed E-state index contributed by atoms with van der Waals surface area (Å²) in [6.45, 7) is 4.11. The molecule has 0 bridgehead atoms. The summed E-state index contributed by atoms with van der Waals surface area (Å²) in [6.07, 6.45) is 5.64. The maximum atomic E-state index is 11.5. The fourth-order valence-electron chi connectivity index (χ4n) is 1.77. The van der Waals surface area contributed by atoms with Crippen LogP contribution in [0.15, 0.2) is 30.3 Å². The van der Waals surface area contributed by atoms with Gasteiger partial charge in [-0.3, -0.25) is 0 Å². The van der Waals surface area contributed by atoms with Crippen molar-refractivity contribution < 1.29 is 9.53 Å². The van der Waals surface area contributed by atoms with E-state index in [1.807, 2.05) is 37.3 Å². The fraction of sp³-hybridized carbons (Fsp3) is 0.471. The van der Waals surface area contributed by atoms with Gasteiger partial charge in [0.15, 0.2) is 0 Å². The van der Waals surface area contributed by atoms with Gasteiger partial charge in [0.25, 0.3) is 0 Å². The molecule has 1 rings (SSSR count). The number of benzene rings is 1. The molecular formula is C17H22O2. The zero-order valence-electron chi connectivity index (χ0n) is 11.8. The summed E-state index contributed by atoms with van der Waals surface area (Å²) in [5.41, 5.74) is 0.829. The Morgan fingerprint density at radius 1 is 1.21 bits per heavy atom. The molecule has 0 heterocycles. The average molecular weight is 258 g/mol. The number of unbranched alkanes of at least 4 members (excludes halogenated alkanes) is 3. The molecule has 0 aromatic heterocycles. The normalized spacial score (nSPS) is 11.3. The van der Waals surface area contributed by atoms with Crippen molar-refractivity contribution in [2.75, 3.05) is 0 Å². The summed E-state index contributed by atoms with van der Waals surface area (Å²) < 4.78 is 5.24. The largest absolute Gasteiger partial charge is 0.453 e. The molecule has 0 N–H and O–H groups in total. The molecule has 1 aromatic carbocycles. The van der Waals surface area contributed by atoms with Gasteiger partial charge in [-0.15, -0.1) is 0 Å². The number of carbonyl (C=O) groups is 1. The summed E-state index contributed by atoms with van der Waals surface area (Å²) in [5.74, 6) is 4.88. The third-order valence-corrected chi connectivity index (χ3v) is 2.86. The van der Waals surface area contributed by atoms with Gasteiger partial charge in [0.05, 0.1) is 0 Å². The molecule has 0 unspecified atom stereocenters. The lowest BCUT2D eigenvalue weighted by Crippen LogP contribution is -2.13. The number of ether oxygens (including phenoxy) is 1. The van der Waals surface area contributed by atoms with Crippen molar-refractivity contribution >= 4 is 5.97 Å². The van der Waals surface area contributed by atoms with E-state index in [0.717, 1.165) is 18.4 Å². The number of esters is 1. The van der Waals surface area contributed by atoms with E-state index in [9.17, 15) is 4.79 Å². The van der Waals surface area contributed by atoms with Crippen LogP contribution in [0.3, 0.4) is 0 Å². The maximum absolute atomic E-state index is 11.5. The summed E-state index contributed by atoms with van der Waals surface area (Å²) in [6, 6.07) is 9.45. The highest BCUT2D eigenvalue weighted by molar-refractivity contribution is 5.89. The standard InChI is InChI=1S/C17H22O2/c1-3-4-5-7-10-15(2)19-17(18)14-13-16-11-8-6-9-12-16/h6,8-9,11-12,15H,3-5,7,10H2,1-2H3/t15-/m1/s1. The van der Waals surface area contributed by atoms with Gasteiger partial charge in [-0.05, 0) is 31.9 Å². The molecule has 0 saturated carbocycles. The molecular weight excluding hydrogens is 236 g/mol. The Labute approximate surface area is 116 Å². The monoisotopic (exact) mass is 258 g/mol. The first kappa shape index (κ1) is 15.3. The topological polar surface area (TPSA) is 26.3 Å².